The van der Waals surface area contributed by atoms with Crippen LogP contribution in [0.4, 0.5) is 5.69 Å². The van der Waals surface area contributed by atoms with E-state index in [1.807, 2.05) is 0 Å². The fourth-order valence-corrected chi connectivity index (χ4v) is 4.45. The van der Waals surface area contributed by atoms with Crippen molar-refractivity contribution < 1.29 is 41.8 Å². The fraction of sp³-hybridized carbons (Fsp3) is 0.240. The summed E-state index contributed by atoms with van der Waals surface area (Å²) in [6.07, 6.45) is 0.963. The molecule has 1 unspecified atom stereocenters. The number of ketones is 1. The van der Waals surface area contributed by atoms with Crippen LogP contribution in [0, 0.1) is 6.92 Å². The van der Waals surface area contributed by atoms with E-state index in [2.05, 4.69) is 19.8 Å². The Kier molecular flexibility index (Phi) is 8.83. The highest BCUT2D eigenvalue weighted by atomic mass is 32.2. The minimum absolute atomic E-state index is 0.00693. The molecule has 0 aliphatic carbocycles. The monoisotopic (exact) mass is 558 g/mol. The summed E-state index contributed by atoms with van der Waals surface area (Å²) in [7, 11) is 0.840. The summed E-state index contributed by atoms with van der Waals surface area (Å²) in [5.74, 6) is -3.70. The van der Waals surface area contributed by atoms with E-state index in [1.54, 1.807) is 19.1 Å². The molecule has 39 heavy (non-hydrogen) atoms. The Morgan fingerprint density at radius 2 is 1.64 bits per heavy atom. The highest BCUT2D eigenvalue weighted by Gasteiger charge is 2.37. The van der Waals surface area contributed by atoms with Crippen molar-refractivity contribution in [1.29, 1.82) is 0 Å². The number of nitrogens with one attached hydrogen (secondary N) is 2. The summed E-state index contributed by atoms with van der Waals surface area (Å²) in [6, 6.07) is 8.33. The van der Waals surface area contributed by atoms with E-state index in [1.165, 1.54) is 44.5 Å². The Morgan fingerprint density at radius 1 is 0.974 bits per heavy atom. The van der Waals surface area contributed by atoms with Crippen LogP contribution >= 0.6 is 0 Å². The van der Waals surface area contributed by atoms with Gasteiger partial charge in [-0.3, -0.25) is 9.59 Å². The highest BCUT2D eigenvalue weighted by Crippen LogP contribution is 2.28. The average molecular weight is 559 g/mol. The van der Waals surface area contributed by atoms with Crippen LogP contribution in [0.15, 0.2) is 53.7 Å². The predicted molar refractivity (Wildman–Crippen MR) is 137 cm³/mol. The third kappa shape index (κ3) is 5.81. The highest BCUT2D eigenvalue weighted by molar-refractivity contribution is 7.89. The number of sulfonamides is 1. The maximum absolute atomic E-state index is 13.9. The van der Waals surface area contributed by atoms with Crippen LogP contribution in [-0.2, 0) is 24.3 Å². The molecule has 3 aromatic rings. The molecule has 2 aromatic carbocycles. The van der Waals surface area contributed by atoms with Gasteiger partial charge in [0, 0.05) is 5.69 Å². The van der Waals surface area contributed by atoms with Gasteiger partial charge in [-0.1, -0.05) is 18.2 Å². The molecule has 13 nitrogen and oxygen atoms in total. The number of hydrogen-bond acceptors (Lipinski definition) is 10. The van der Waals surface area contributed by atoms with Crippen molar-refractivity contribution in [2.24, 2.45) is 0 Å². The van der Waals surface area contributed by atoms with E-state index in [0.29, 0.717) is 5.56 Å². The zero-order valence-electron chi connectivity index (χ0n) is 21.7. The van der Waals surface area contributed by atoms with Crippen molar-refractivity contribution in [3.63, 3.8) is 0 Å². The minimum Gasteiger partial charge on any atom is -0.496 e. The number of Topliss-reactive ketones (excluding diaryl/α,β-unsaturated/α-hetero) is 1. The number of para-hydroxylation sites is 1. The number of benzene rings is 2. The lowest BCUT2D eigenvalue weighted by atomic mass is 10.0. The Hall–Kier alpha value is -4.56. The first-order valence-electron chi connectivity index (χ1n) is 11.3. The molecule has 1 aromatic heterocycles. The Balaban J connectivity index is 2.22. The van der Waals surface area contributed by atoms with Gasteiger partial charge in [0.1, 0.15) is 5.75 Å². The van der Waals surface area contributed by atoms with E-state index in [9.17, 15) is 27.6 Å². The van der Waals surface area contributed by atoms with Gasteiger partial charge in [-0.15, -0.1) is 0 Å². The molecule has 0 bridgehead atoms. The van der Waals surface area contributed by atoms with Crippen molar-refractivity contribution in [3.05, 3.63) is 71.3 Å². The van der Waals surface area contributed by atoms with E-state index in [4.69, 9.17) is 9.47 Å². The number of carbonyl (C=O) groups excluding carboxylic acids is 4. The quantitative estimate of drug-likeness (QED) is 0.212. The number of ether oxygens (including phenoxy) is 3. The maximum Gasteiger partial charge on any atom is 0.359 e. The molecule has 2 N–H and O–H groups in total. The molecule has 0 radical (unpaired) electrons. The van der Waals surface area contributed by atoms with E-state index in [-0.39, 0.29) is 21.9 Å². The second kappa shape index (κ2) is 11.9. The molecule has 0 aliphatic rings. The van der Waals surface area contributed by atoms with Crippen LogP contribution in [0.5, 0.6) is 5.75 Å². The molecule has 0 fully saturated rings. The molecule has 0 saturated carbocycles. The zero-order valence-corrected chi connectivity index (χ0v) is 22.5. The van der Waals surface area contributed by atoms with Crippen LogP contribution in [0.1, 0.15) is 42.9 Å². The molecule has 0 saturated heterocycles. The van der Waals surface area contributed by atoms with Gasteiger partial charge in [-0.2, -0.15) is 0 Å². The number of imidazole rings is 1. The van der Waals surface area contributed by atoms with E-state index >= 15 is 0 Å². The van der Waals surface area contributed by atoms with Crippen molar-refractivity contribution in [3.8, 4) is 5.75 Å². The van der Waals surface area contributed by atoms with E-state index in [0.717, 1.165) is 25.1 Å². The number of methoxy groups -OCH3 is 3. The van der Waals surface area contributed by atoms with Gasteiger partial charge in [0.2, 0.25) is 10.0 Å². The molecule has 1 atom stereocenters. The third-order valence-electron chi connectivity index (χ3n) is 5.74. The van der Waals surface area contributed by atoms with Crippen LogP contribution in [0.2, 0.25) is 0 Å². The summed E-state index contributed by atoms with van der Waals surface area (Å²) >= 11 is 0. The van der Waals surface area contributed by atoms with Crippen molar-refractivity contribution in [1.82, 2.24) is 14.3 Å². The summed E-state index contributed by atoms with van der Waals surface area (Å²) in [5.41, 5.74) is -0.421. The van der Waals surface area contributed by atoms with Gasteiger partial charge in [-0.25, -0.2) is 27.7 Å². The number of esters is 2. The van der Waals surface area contributed by atoms with Gasteiger partial charge in [0.15, 0.2) is 23.2 Å². The number of carbonyl (C=O) groups is 4. The third-order valence-corrected chi connectivity index (χ3v) is 7.16. The first-order valence-corrected chi connectivity index (χ1v) is 12.7. The van der Waals surface area contributed by atoms with Crippen LogP contribution in [-0.4, -0.2) is 70.0 Å². The lowest BCUT2D eigenvalue weighted by Crippen LogP contribution is -2.35. The second-order valence-electron chi connectivity index (χ2n) is 7.97. The second-order valence-corrected chi connectivity index (χ2v) is 9.86. The molecule has 3 rings (SSSR count). The number of aromatic nitrogens is 2. The summed E-state index contributed by atoms with van der Waals surface area (Å²) in [5, 5.41) is 2.56. The molecule has 0 aliphatic heterocycles. The molecule has 14 heteroatoms. The maximum atomic E-state index is 13.9. The lowest BCUT2D eigenvalue weighted by molar-refractivity contribution is -0.118. The smallest absolute Gasteiger partial charge is 0.359 e. The number of nitrogens with zero attached hydrogens (tertiary/aromatic N) is 2. The molecule has 1 heterocycles. The van der Waals surface area contributed by atoms with Crippen LogP contribution < -0.4 is 14.8 Å². The van der Waals surface area contributed by atoms with Gasteiger partial charge < -0.3 is 24.1 Å². The standard InChI is InChI=1S/C25H26N4O9S/c1-14-10-11-15(39(34,35)26-2)12-17(14)28-23(31)21(22(30)16-8-6-7-9-18(16)36-3)29-13-27-19(24(32)37-4)20(29)25(33)38-5/h6-13,21,26H,1-5H3,(H,28,31). The number of rotatable bonds is 10. The van der Waals surface area contributed by atoms with Crippen molar-refractivity contribution in [2.75, 3.05) is 33.7 Å². The lowest BCUT2D eigenvalue weighted by Gasteiger charge is -2.21. The minimum atomic E-state index is -3.86. The average Bonchev–Trinajstić information content (AvgIpc) is 3.37. The Bertz CT molecular complexity index is 1550. The Labute approximate surface area is 224 Å². The summed E-state index contributed by atoms with van der Waals surface area (Å²) < 4.78 is 42.5. The van der Waals surface area contributed by atoms with Crippen LogP contribution in [0.3, 0.4) is 0 Å². The van der Waals surface area contributed by atoms with Gasteiger partial charge in [-0.05, 0) is 43.8 Å². The van der Waals surface area contributed by atoms with Crippen molar-refractivity contribution in [2.45, 2.75) is 17.9 Å². The zero-order chi connectivity index (χ0) is 28.9. The van der Waals surface area contributed by atoms with Gasteiger partial charge >= 0.3 is 11.9 Å². The molecular formula is C25H26N4O9S. The number of aryl methyl sites for hydroxylation is 1. The SMILES string of the molecule is CNS(=O)(=O)c1ccc(C)c(NC(=O)C(C(=O)c2ccccc2OC)n2cnc(C(=O)OC)c2C(=O)OC)c1. The first-order chi connectivity index (χ1) is 18.5. The van der Waals surface area contributed by atoms with E-state index < -0.39 is 51.1 Å². The summed E-state index contributed by atoms with van der Waals surface area (Å²) in [4.78, 5) is 56.4. The number of amides is 1. The number of hydrogen-bond donors (Lipinski definition) is 2. The molecular weight excluding hydrogens is 532 g/mol. The van der Waals surface area contributed by atoms with Gasteiger partial charge in [0.05, 0.1) is 38.1 Å². The van der Waals surface area contributed by atoms with Crippen molar-refractivity contribution >= 4 is 39.3 Å². The van der Waals surface area contributed by atoms with Gasteiger partial charge in [0.25, 0.3) is 5.91 Å². The molecule has 0 spiro atoms. The largest absolute Gasteiger partial charge is 0.496 e. The van der Waals surface area contributed by atoms with Crippen LogP contribution in [0.25, 0.3) is 0 Å². The molecule has 206 valence electrons. The summed E-state index contributed by atoms with van der Waals surface area (Å²) in [6.45, 7) is 1.62. The Morgan fingerprint density at radius 3 is 2.26 bits per heavy atom. The number of anilines is 1. The topological polar surface area (TPSA) is 172 Å². The first kappa shape index (κ1) is 29.0. The predicted octanol–water partition coefficient (Wildman–Crippen LogP) is 1.74. The molecule has 1 amide bonds. The normalized spacial score (nSPS) is 11.8. The fourth-order valence-electron chi connectivity index (χ4n) is 3.69.